The minimum absolute atomic E-state index is 0.101. The number of aromatic nitrogens is 1. The van der Waals surface area contributed by atoms with Crippen molar-refractivity contribution >= 4 is 27.5 Å². The van der Waals surface area contributed by atoms with Gasteiger partial charge in [0.1, 0.15) is 11.9 Å². The molecule has 28 heavy (non-hydrogen) atoms. The van der Waals surface area contributed by atoms with Gasteiger partial charge in [-0.2, -0.15) is 0 Å². The zero-order chi connectivity index (χ0) is 20.3. The average Bonchev–Trinajstić information content (AvgIpc) is 2.96. The molecular formula is C19H22N4O4S. The van der Waals surface area contributed by atoms with Gasteiger partial charge in [-0.1, -0.05) is 32.4 Å². The van der Waals surface area contributed by atoms with Gasteiger partial charge in [-0.05, 0) is 24.1 Å². The summed E-state index contributed by atoms with van der Waals surface area (Å²) in [5, 5.41) is 2.79. The van der Waals surface area contributed by atoms with Crippen LogP contribution in [-0.2, 0) is 14.8 Å². The van der Waals surface area contributed by atoms with Crippen LogP contribution in [-0.4, -0.2) is 38.3 Å². The molecule has 0 spiro atoms. The first-order chi connectivity index (χ1) is 13.4. The van der Waals surface area contributed by atoms with Crippen molar-refractivity contribution in [3.63, 3.8) is 0 Å². The van der Waals surface area contributed by atoms with Gasteiger partial charge in [-0.25, -0.2) is 13.4 Å². The number of nitrogens with one attached hydrogen (secondary N) is 2. The molecule has 2 heterocycles. The number of hydrogen-bond donors (Lipinski definition) is 2. The lowest BCUT2D eigenvalue weighted by Gasteiger charge is -2.19. The molecule has 1 aliphatic heterocycles. The number of carbonyl (C=O) groups is 1. The normalized spacial score (nSPS) is 18.0. The minimum Gasteiger partial charge on any atom is -0.481 e. The third-order valence-corrected chi connectivity index (χ3v) is 5.99. The van der Waals surface area contributed by atoms with Crippen LogP contribution in [0.2, 0.25) is 0 Å². The minimum atomic E-state index is -3.66. The lowest BCUT2D eigenvalue weighted by Crippen LogP contribution is -2.34. The van der Waals surface area contributed by atoms with Gasteiger partial charge in [-0.15, -0.1) is 0 Å². The summed E-state index contributed by atoms with van der Waals surface area (Å²) in [4.78, 5) is 21.6. The molecule has 0 unspecified atom stereocenters. The number of pyridine rings is 1. The van der Waals surface area contributed by atoms with Gasteiger partial charge in [0.05, 0.1) is 23.9 Å². The van der Waals surface area contributed by atoms with Crippen LogP contribution in [0.5, 0.6) is 5.88 Å². The summed E-state index contributed by atoms with van der Waals surface area (Å²) in [6.45, 7) is 3.85. The third-order valence-electron chi connectivity index (χ3n) is 4.60. The molecule has 0 aliphatic carbocycles. The molecule has 2 N–H and O–H groups in total. The first-order valence-electron chi connectivity index (χ1n) is 8.86. The second-order valence-electron chi connectivity index (χ2n) is 6.49. The number of ether oxygens (including phenoxy) is 1. The van der Waals surface area contributed by atoms with Gasteiger partial charge in [0.25, 0.3) is 10.0 Å². The van der Waals surface area contributed by atoms with E-state index in [1.165, 1.54) is 19.4 Å². The number of benzene rings is 1. The van der Waals surface area contributed by atoms with Crippen LogP contribution in [0.25, 0.3) is 0 Å². The van der Waals surface area contributed by atoms with Crippen molar-refractivity contribution in [2.75, 3.05) is 12.4 Å². The van der Waals surface area contributed by atoms with Gasteiger partial charge >= 0.3 is 0 Å². The van der Waals surface area contributed by atoms with Crippen molar-refractivity contribution in [1.82, 2.24) is 9.71 Å². The summed E-state index contributed by atoms with van der Waals surface area (Å²) in [6, 6.07) is 9.12. The number of nitrogens with zero attached hydrogens (tertiary/aromatic N) is 2. The molecule has 1 aromatic heterocycles. The summed E-state index contributed by atoms with van der Waals surface area (Å²) in [7, 11) is -2.15. The van der Waals surface area contributed by atoms with Crippen LogP contribution in [0, 0.1) is 5.92 Å². The van der Waals surface area contributed by atoms with Gasteiger partial charge < -0.3 is 10.1 Å². The molecule has 0 saturated heterocycles. The van der Waals surface area contributed by atoms with E-state index in [2.05, 4.69) is 20.0 Å². The lowest BCUT2D eigenvalue weighted by atomic mass is 9.98. The first-order valence-corrected chi connectivity index (χ1v) is 10.3. The maximum Gasteiger partial charge on any atom is 0.263 e. The van der Waals surface area contributed by atoms with Crippen LogP contribution in [0.15, 0.2) is 52.5 Å². The topological polar surface area (TPSA) is 110 Å². The fraction of sp³-hybridized carbons (Fsp3) is 0.316. The number of carbonyl (C=O) groups excluding carboxylic acids is 1. The van der Waals surface area contributed by atoms with E-state index in [1.54, 1.807) is 30.3 Å². The van der Waals surface area contributed by atoms with E-state index in [0.29, 0.717) is 23.6 Å². The van der Waals surface area contributed by atoms with Gasteiger partial charge in [0.2, 0.25) is 11.8 Å². The number of methoxy groups -OCH3 is 1. The van der Waals surface area contributed by atoms with E-state index < -0.39 is 16.1 Å². The Kier molecular flexibility index (Phi) is 5.64. The Morgan fingerprint density at radius 2 is 2.04 bits per heavy atom. The Morgan fingerprint density at radius 1 is 1.29 bits per heavy atom. The number of anilines is 1. The number of rotatable bonds is 6. The first kappa shape index (κ1) is 19.8. The highest BCUT2D eigenvalue weighted by atomic mass is 32.2. The summed E-state index contributed by atoms with van der Waals surface area (Å²) < 4.78 is 32.0. The molecule has 2 atom stereocenters. The average molecular weight is 402 g/mol. The molecule has 9 heteroatoms. The van der Waals surface area contributed by atoms with E-state index in [-0.39, 0.29) is 22.6 Å². The predicted molar refractivity (Wildman–Crippen MR) is 106 cm³/mol. The van der Waals surface area contributed by atoms with Crippen LogP contribution < -0.4 is 14.8 Å². The number of sulfonamides is 1. The van der Waals surface area contributed by atoms with Crippen LogP contribution in [0.3, 0.4) is 0 Å². The molecule has 2 aromatic rings. The summed E-state index contributed by atoms with van der Waals surface area (Å²) in [6.07, 6.45) is 2.19. The van der Waals surface area contributed by atoms with Crippen molar-refractivity contribution in [2.24, 2.45) is 10.9 Å². The molecule has 1 amide bonds. The molecule has 1 aromatic carbocycles. The highest BCUT2D eigenvalue weighted by Gasteiger charge is 2.33. The molecule has 0 bridgehead atoms. The largest absolute Gasteiger partial charge is 0.481 e. The highest BCUT2D eigenvalue weighted by molar-refractivity contribution is 7.90. The summed E-state index contributed by atoms with van der Waals surface area (Å²) in [5.41, 5.74) is 0.974. The molecule has 0 fully saturated rings. The summed E-state index contributed by atoms with van der Waals surface area (Å²) in [5.74, 6) is 0.186. The van der Waals surface area contributed by atoms with E-state index in [9.17, 15) is 13.2 Å². The van der Waals surface area contributed by atoms with Gasteiger partial charge in [0, 0.05) is 11.6 Å². The predicted octanol–water partition coefficient (Wildman–Crippen LogP) is 2.18. The summed E-state index contributed by atoms with van der Waals surface area (Å²) >= 11 is 0. The van der Waals surface area contributed by atoms with Crippen LogP contribution >= 0.6 is 0 Å². The fourth-order valence-electron chi connectivity index (χ4n) is 2.83. The third kappa shape index (κ3) is 3.99. The maximum atomic E-state index is 12.9. The van der Waals surface area contributed by atoms with Gasteiger partial charge in [-0.3, -0.25) is 14.5 Å². The van der Waals surface area contributed by atoms with E-state index in [0.717, 1.165) is 0 Å². The Balaban J connectivity index is 1.90. The van der Waals surface area contributed by atoms with Crippen molar-refractivity contribution in [3.05, 3.63) is 48.2 Å². The Morgan fingerprint density at radius 3 is 2.68 bits per heavy atom. The number of hydrogen-bond acceptors (Lipinski definition) is 6. The smallest absolute Gasteiger partial charge is 0.263 e. The zero-order valence-electron chi connectivity index (χ0n) is 15.8. The number of fused-ring (bicyclic) bond motifs is 1. The Bertz CT molecular complexity index is 1000. The SMILES string of the molecule is CC[C@H](C)[C@@H](N=C1NS(=O)(=O)c2ccccc21)C(=O)Nc1ccc(OC)nc1. The highest BCUT2D eigenvalue weighted by Crippen LogP contribution is 2.24. The number of amidine groups is 1. The second kappa shape index (κ2) is 7.97. The van der Waals surface area contributed by atoms with Gasteiger partial charge in [0.15, 0.2) is 0 Å². The van der Waals surface area contributed by atoms with E-state index in [1.807, 2.05) is 13.8 Å². The number of amides is 1. The Hall–Kier alpha value is -2.94. The number of aliphatic imine (C=N–C) groups is 1. The van der Waals surface area contributed by atoms with E-state index >= 15 is 0 Å². The molecule has 148 valence electrons. The molecule has 8 nitrogen and oxygen atoms in total. The molecule has 1 aliphatic rings. The standard InChI is InChI=1S/C19H22N4O4S/c1-4-12(2)17(19(24)21-13-9-10-16(27-3)20-11-13)22-18-14-7-5-6-8-15(14)28(25,26)23-18/h5-12,17H,4H2,1-3H3,(H,21,24)(H,22,23)/t12-,17+/m0/s1. The van der Waals surface area contributed by atoms with Crippen LogP contribution in [0.4, 0.5) is 5.69 Å². The van der Waals surface area contributed by atoms with E-state index in [4.69, 9.17) is 4.74 Å². The Labute approximate surface area is 164 Å². The van der Waals surface area contributed by atoms with Crippen molar-refractivity contribution in [2.45, 2.75) is 31.2 Å². The quantitative estimate of drug-likeness (QED) is 0.770. The monoisotopic (exact) mass is 402 g/mol. The molecule has 3 rings (SSSR count). The molecular weight excluding hydrogens is 380 g/mol. The maximum absolute atomic E-state index is 12.9. The van der Waals surface area contributed by atoms with Crippen molar-refractivity contribution < 1.29 is 17.9 Å². The zero-order valence-corrected chi connectivity index (χ0v) is 16.7. The fourth-order valence-corrected chi connectivity index (χ4v) is 4.07. The van der Waals surface area contributed by atoms with Crippen LogP contribution in [0.1, 0.15) is 25.8 Å². The van der Waals surface area contributed by atoms with Crippen molar-refractivity contribution in [1.29, 1.82) is 0 Å². The van der Waals surface area contributed by atoms with Crippen molar-refractivity contribution in [3.8, 4) is 5.88 Å². The molecule has 0 saturated carbocycles. The lowest BCUT2D eigenvalue weighted by molar-refractivity contribution is -0.118. The second-order valence-corrected chi connectivity index (χ2v) is 8.14. The molecule has 0 radical (unpaired) electrons.